The molecule has 1 aliphatic rings. The van der Waals surface area contributed by atoms with Crippen molar-refractivity contribution in [1.29, 1.82) is 5.26 Å². The topological polar surface area (TPSA) is 56.0 Å². The first-order chi connectivity index (χ1) is 12.6. The first-order valence-electron chi connectivity index (χ1n) is 8.47. The molecule has 0 aromatic heterocycles. The lowest BCUT2D eigenvalue weighted by Crippen LogP contribution is -2.46. The number of nitriles is 1. The Bertz CT molecular complexity index is 873. The van der Waals surface area contributed by atoms with Gasteiger partial charge in [0, 0.05) is 12.1 Å². The molecule has 2 N–H and O–H groups in total. The maximum atomic E-state index is 13.8. The normalized spacial score (nSPS) is 25.8. The van der Waals surface area contributed by atoms with E-state index in [1.807, 2.05) is 13.0 Å². The van der Waals surface area contributed by atoms with E-state index < -0.39 is 29.2 Å². The van der Waals surface area contributed by atoms with Gasteiger partial charge in [-0.2, -0.15) is 18.4 Å². The van der Waals surface area contributed by atoms with Crippen LogP contribution in [0.3, 0.4) is 0 Å². The number of alkyl halides is 3. The third-order valence-corrected chi connectivity index (χ3v) is 4.87. The van der Waals surface area contributed by atoms with Crippen molar-refractivity contribution < 1.29 is 22.7 Å². The van der Waals surface area contributed by atoms with E-state index >= 15 is 0 Å². The van der Waals surface area contributed by atoms with Gasteiger partial charge in [0.1, 0.15) is 5.82 Å². The van der Waals surface area contributed by atoms with Crippen LogP contribution in [0.25, 0.3) is 0 Å². The molecule has 142 valence electrons. The van der Waals surface area contributed by atoms with Crippen molar-refractivity contribution in [2.45, 2.75) is 43.6 Å². The Labute approximate surface area is 154 Å². The van der Waals surface area contributed by atoms with Crippen LogP contribution in [-0.4, -0.2) is 11.1 Å². The summed E-state index contributed by atoms with van der Waals surface area (Å²) in [6, 6.07) is 9.72. The van der Waals surface area contributed by atoms with Crippen LogP contribution in [0.15, 0.2) is 42.5 Å². The van der Waals surface area contributed by atoms with Crippen molar-refractivity contribution in [2.24, 2.45) is 0 Å². The Morgan fingerprint density at radius 3 is 2.41 bits per heavy atom. The lowest BCUT2D eigenvalue weighted by atomic mass is 9.77. The van der Waals surface area contributed by atoms with Gasteiger partial charge in [-0.15, -0.1) is 0 Å². The van der Waals surface area contributed by atoms with Crippen molar-refractivity contribution in [1.82, 2.24) is 5.32 Å². The van der Waals surface area contributed by atoms with Gasteiger partial charge in [0.15, 0.2) is 0 Å². The number of piperidine rings is 1. The van der Waals surface area contributed by atoms with E-state index in [9.17, 15) is 22.7 Å². The molecular weight excluding hydrogens is 360 g/mol. The summed E-state index contributed by atoms with van der Waals surface area (Å²) in [5.74, 6) is -0.554. The maximum absolute atomic E-state index is 13.8. The summed E-state index contributed by atoms with van der Waals surface area (Å²) in [5, 5.41) is 23.4. The summed E-state index contributed by atoms with van der Waals surface area (Å²) in [6.45, 7) is 1.84. The smallest absolute Gasteiger partial charge is 0.385 e. The van der Waals surface area contributed by atoms with Crippen LogP contribution >= 0.6 is 0 Å². The SMILES string of the molecule is C[C@H]1CC(O)(c2ccc(C(F)(F)F)cc2)C[C@@H](c2cc(F)cc(C#N)c2)N1. The van der Waals surface area contributed by atoms with Gasteiger partial charge in [-0.3, -0.25) is 0 Å². The highest BCUT2D eigenvalue weighted by Gasteiger charge is 2.40. The molecule has 2 aromatic carbocycles. The fraction of sp³-hybridized carbons (Fsp3) is 0.350. The molecule has 0 radical (unpaired) electrons. The Hall–Kier alpha value is -2.43. The highest BCUT2D eigenvalue weighted by atomic mass is 19.4. The van der Waals surface area contributed by atoms with Gasteiger partial charge < -0.3 is 10.4 Å². The van der Waals surface area contributed by atoms with Gasteiger partial charge >= 0.3 is 6.18 Å². The monoisotopic (exact) mass is 378 g/mol. The lowest BCUT2D eigenvalue weighted by Gasteiger charge is -2.41. The number of hydrogen-bond acceptors (Lipinski definition) is 3. The molecule has 2 aromatic rings. The van der Waals surface area contributed by atoms with Crippen molar-refractivity contribution in [3.63, 3.8) is 0 Å². The number of halogens is 4. The molecule has 0 bridgehead atoms. The van der Waals surface area contributed by atoms with E-state index in [0.29, 0.717) is 17.5 Å². The second kappa shape index (κ2) is 6.95. The minimum absolute atomic E-state index is 0.150. The number of nitrogens with zero attached hydrogens (tertiary/aromatic N) is 1. The van der Waals surface area contributed by atoms with E-state index in [2.05, 4.69) is 5.32 Å². The summed E-state index contributed by atoms with van der Waals surface area (Å²) in [7, 11) is 0. The average Bonchev–Trinajstić information content (AvgIpc) is 2.60. The van der Waals surface area contributed by atoms with Crippen molar-refractivity contribution in [3.8, 4) is 6.07 Å². The average molecular weight is 378 g/mol. The minimum Gasteiger partial charge on any atom is -0.385 e. The van der Waals surface area contributed by atoms with E-state index in [-0.39, 0.29) is 18.0 Å². The molecule has 1 fully saturated rings. The number of nitrogens with one attached hydrogen (secondary N) is 1. The van der Waals surface area contributed by atoms with Crippen LogP contribution < -0.4 is 5.32 Å². The number of aliphatic hydroxyl groups is 1. The van der Waals surface area contributed by atoms with Gasteiger partial charge in [-0.05, 0) is 61.2 Å². The molecule has 3 rings (SSSR count). The molecule has 0 amide bonds. The zero-order valence-electron chi connectivity index (χ0n) is 14.5. The van der Waals surface area contributed by atoms with Gasteiger partial charge in [-0.1, -0.05) is 12.1 Å². The van der Waals surface area contributed by atoms with Crippen molar-refractivity contribution in [3.05, 3.63) is 70.5 Å². The first-order valence-corrected chi connectivity index (χ1v) is 8.47. The van der Waals surface area contributed by atoms with Crippen LogP contribution in [-0.2, 0) is 11.8 Å². The highest BCUT2D eigenvalue weighted by Crippen LogP contribution is 2.41. The first kappa shape index (κ1) is 19.3. The number of rotatable bonds is 2. The third-order valence-electron chi connectivity index (χ3n) is 4.87. The molecule has 7 heteroatoms. The quantitative estimate of drug-likeness (QED) is 0.761. The third kappa shape index (κ3) is 4.12. The fourth-order valence-electron chi connectivity index (χ4n) is 3.69. The molecule has 1 aliphatic heterocycles. The van der Waals surface area contributed by atoms with E-state index in [1.165, 1.54) is 18.2 Å². The van der Waals surface area contributed by atoms with Gasteiger partial charge in [0.2, 0.25) is 0 Å². The molecule has 0 saturated carbocycles. The second-order valence-corrected chi connectivity index (χ2v) is 7.02. The standard InChI is InChI=1S/C20H18F4N2O/c1-12-9-19(27,15-2-4-16(5-3-15)20(22,23)24)10-18(26-12)14-6-13(11-25)7-17(21)8-14/h2-8,12,18,26-27H,9-10H2,1H3/t12-,18-,19?/m0/s1. The predicted octanol–water partition coefficient (Wildman–Crippen LogP) is 4.42. The minimum atomic E-state index is -4.44. The molecule has 1 heterocycles. The zero-order valence-corrected chi connectivity index (χ0v) is 14.5. The zero-order chi connectivity index (χ0) is 19.8. The summed E-state index contributed by atoms with van der Waals surface area (Å²) >= 11 is 0. The summed E-state index contributed by atoms with van der Waals surface area (Å²) < 4.78 is 52.1. The van der Waals surface area contributed by atoms with Gasteiger partial charge in [0.05, 0.1) is 22.8 Å². The van der Waals surface area contributed by atoms with Gasteiger partial charge in [-0.25, -0.2) is 4.39 Å². The van der Waals surface area contributed by atoms with E-state index in [4.69, 9.17) is 5.26 Å². The number of benzene rings is 2. The largest absolute Gasteiger partial charge is 0.416 e. The molecule has 3 atom stereocenters. The van der Waals surface area contributed by atoms with E-state index in [0.717, 1.165) is 18.2 Å². The van der Waals surface area contributed by atoms with Crippen LogP contribution in [0, 0.1) is 17.1 Å². The molecule has 3 nitrogen and oxygen atoms in total. The predicted molar refractivity (Wildman–Crippen MR) is 91.0 cm³/mol. The maximum Gasteiger partial charge on any atom is 0.416 e. The van der Waals surface area contributed by atoms with Crippen LogP contribution in [0.5, 0.6) is 0 Å². The fourth-order valence-corrected chi connectivity index (χ4v) is 3.69. The molecule has 1 unspecified atom stereocenters. The summed E-state index contributed by atoms with van der Waals surface area (Å²) in [4.78, 5) is 0. The Kier molecular flexibility index (Phi) is 4.98. The van der Waals surface area contributed by atoms with Crippen molar-refractivity contribution >= 4 is 0 Å². The molecule has 0 spiro atoms. The Morgan fingerprint density at radius 2 is 1.81 bits per heavy atom. The highest BCUT2D eigenvalue weighted by molar-refractivity contribution is 5.37. The van der Waals surface area contributed by atoms with Crippen LogP contribution in [0.2, 0.25) is 0 Å². The number of hydrogen-bond donors (Lipinski definition) is 2. The molecule has 0 aliphatic carbocycles. The Balaban J connectivity index is 1.92. The molecular formula is C20H18F4N2O. The second-order valence-electron chi connectivity index (χ2n) is 7.02. The van der Waals surface area contributed by atoms with Crippen LogP contribution in [0.4, 0.5) is 17.6 Å². The summed E-state index contributed by atoms with van der Waals surface area (Å²) in [6.07, 6.45) is -3.99. The van der Waals surface area contributed by atoms with Crippen LogP contribution in [0.1, 0.15) is 48.1 Å². The van der Waals surface area contributed by atoms with Gasteiger partial charge in [0.25, 0.3) is 0 Å². The molecule has 27 heavy (non-hydrogen) atoms. The van der Waals surface area contributed by atoms with E-state index in [1.54, 1.807) is 6.07 Å². The molecule has 1 saturated heterocycles. The Morgan fingerprint density at radius 1 is 1.15 bits per heavy atom. The lowest BCUT2D eigenvalue weighted by molar-refractivity contribution is -0.137. The van der Waals surface area contributed by atoms with Crippen molar-refractivity contribution in [2.75, 3.05) is 0 Å². The summed E-state index contributed by atoms with van der Waals surface area (Å²) in [5.41, 5.74) is -1.08.